The van der Waals surface area contributed by atoms with E-state index in [0.29, 0.717) is 11.3 Å². The van der Waals surface area contributed by atoms with Crippen LogP contribution in [0.5, 0.6) is 0 Å². The number of carbonyl (C=O) groups is 1. The fraction of sp³-hybridized carbons (Fsp3) is 0.250. The molecule has 6 nitrogen and oxygen atoms in total. The summed E-state index contributed by atoms with van der Waals surface area (Å²) in [7, 11) is 5.29. The number of carbonyl (C=O) groups excluding carboxylic acids is 1. The van der Waals surface area contributed by atoms with Gasteiger partial charge in [-0.3, -0.25) is 4.79 Å². The minimum atomic E-state index is -0.0557. The molecule has 19 heavy (non-hydrogen) atoms. The average molecular weight is 277 g/mol. The van der Waals surface area contributed by atoms with Gasteiger partial charge in [-0.15, -0.1) is 10.2 Å². The molecule has 0 aliphatic carbocycles. The predicted octanol–water partition coefficient (Wildman–Crippen LogP) is 1.25. The van der Waals surface area contributed by atoms with Gasteiger partial charge in [-0.2, -0.15) is 0 Å². The first kappa shape index (κ1) is 13.4. The van der Waals surface area contributed by atoms with Gasteiger partial charge < -0.3 is 15.2 Å². The molecule has 1 aromatic carbocycles. The van der Waals surface area contributed by atoms with E-state index in [4.69, 9.17) is 5.73 Å². The lowest BCUT2D eigenvalue weighted by molar-refractivity contribution is 0.0827. The number of anilines is 1. The highest BCUT2D eigenvalue weighted by molar-refractivity contribution is 7.99. The number of benzene rings is 1. The standard InChI is InChI=1S/C12H15N5OS/c1-16(2)11(18)8-4-5-9(13)10(6-8)19-12-15-14-7-17(12)3/h4-7H,13H2,1-3H3. The predicted molar refractivity (Wildman–Crippen MR) is 74.0 cm³/mol. The van der Waals surface area contributed by atoms with Crippen LogP contribution >= 0.6 is 11.8 Å². The van der Waals surface area contributed by atoms with Gasteiger partial charge in [0.05, 0.1) is 0 Å². The molecule has 7 heteroatoms. The molecule has 2 rings (SSSR count). The zero-order valence-electron chi connectivity index (χ0n) is 11.0. The third-order valence-electron chi connectivity index (χ3n) is 2.54. The number of rotatable bonds is 3. The van der Waals surface area contributed by atoms with Crippen molar-refractivity contribution < 1.29 is 4.79 Å². The van der Waals surface area contributed by atoms with Crippen molar-refractivity contribution in [3.8, 4) is 0 Å². The maximum absolute atomic E-state index is 11.9. The Hall–Kier alpha value is -2.02. The molecular formula is C12H15N5OS. The Morgan fingerprint density at radius 2 is 2.16 bits per heavy atom. The Bertz CT molecular complexity index is 608. The molecule has 0 radical (unpaired) electrons. The van der Waals surface area contributed by atoms with Crippen molar-refractivity contribution >= 4 is 23.4 Å². The van der Waals surface area contributed by atoms with Crippen LogP contribution in [0, 0.1) is 0 Å². The number of nitrogens with two attached hydrogens (primary N) is 1. The topological polar surface area (TPSA) is 77.0 Å². The van der Waals surface area contributed by atoms with Gasteiger partial charge in [0.2, 0.25) is 0 Å². The zero-order chi connectivity index (χ0) is 14.0. The molecule has 0 aliphatic rings. The van der Waals surface area contributed by atoms with Crippen molar-refractivity contribution in [3.63, 3.8) is 0 Å². The molecule has 0 unspecified atom stereocenters. The monoisotopic (exact) mass is 277 g/mol. The smallest absolute Gasteiger partial charge is 0.253 e. The van der Waals surface area contributed by atoms with E-state index in [9.17, 15) is 4.79 Å². The molecule has 0 fully saturated rings. The van der Waals surface area contributed by atoms with Gasteiger partial charge >= 0.3 is 0 Å². The molecule has 0 saturated heterocycles. The van der Waals surface area contributed by atoms with Crippen LogP contribution in [0.15, 0.2) is 34.6 Å². The summed E-state index contributed by atoms with van der Waals surface area (Å²) in [4.78, 5) is 14.2. The number of amides is 1. The van der Waals surface area contributed by atoms with Crippen molar-refractivity contribution in [1.82, 2.24) is 19.7 Å². The van der Waals surface area contributed by atoms with Gasteiger partial charge in [-0.05, 0) is 30.0 Å². The molecule has 0 spiro atoms. The van der Waals surface area contributed by atoms with E-state index in [2.05, 4.69) is 10.2 Å². The second kappa shape index (κ2) is 5.31. The Morgan fingerprint density at radius 3 is 2.74 bits per heavy atom. The van der Waals surface area contributed by atoms with E-state index in [-0.39, 0.29) is 5.91 Å². The summed E-state index contributed by atoms with van der Waals surface area (Å²) in [5, 5.41) is 8.52. The molecule has 1 heterocycles. The Kier molecular flexibility index (Phi) is 3.75. The number of nitrogens with zero attached hydrogens (tertiary/aromatic N) is 4. The summed E-state index contributed by atoms with van der Waals surface area (Å²) in [5.41, 5.74) is 7.14. The SMILES string of the molecule is CN(C)C(=O)c1ccc(N)c(Sc2nncn2C)c1. The molecule has 1 aromatic heterocycles. The summed E-state index contributed by atoms with van der Waals surface area (Å²) >= 11 is 1.38. The maximum atomic E-state index is 11.9. The number of hydrogen-bond acceptors (Lipinski definition) is 5. The van der Waals surface area contributed by atoms with Crippen LogP contribution in [0.3, 0.4) is 0 Å². The summed E-state index contributed by atoms with van der Waals surface area (Å²) in [5.74, 6) is -0.0557. The van der Waals surface area contributed by atoms with Gasteiger partial charge in [0.1, 0.15) is 6.33 Å². The summed E-state index contributed by atoms with van der Waals surface area (Å²) in [6, 6.07) is 5.23. The lowest BCUT2D eigenvalue weighted by Gasteiger charge is -2.12. The largest absolute Gasteiger partial charge is 0.398 e. The van der Waals surface area contributed by atoms with Gasteiger partial charge in [0.15, 0.2) is 5.16 Å². The van der Waals surface area contributed by atoms with Gasteiger partial charge in [0.25, 0.3) is 5.91 Å². The van der Waals surface area contributed by atoms with Crippen molar-refractivity contribution in [3.05, 3.63) is 30.1 Å². The molecule has 0 bridgehead atoms. The quantitative estimate of drug-likeness (QED) is 0.854. The molecule has 1 amide bonds. The van der Waals surface area contributed by atoms with Crippen molar-refractivity contribution in [2.24, 2.45) is 7.05 Å². The van der Waals surface area contributed by atoms with E-state index >= 15 is 0 Å². The van der Waals surface area contributed by atoms with Crippen LogP contribution in [0.1, 0.15) is 10.4 Å². The first-order chi connectivity index (χ1) is 8.99. The van der Waals surface area contributed by atoms with Gasteiger partial charge in [-0.25, -0.2) is 0 Å². The Balaban J connectivity index is 2.32. The second-order valence-electron chi connectivity index (χ2n) is 4.28. The Labute approximate surface area is 115 Å². The molecule has 0 atom stereocenters. The molecule has 0 aliphatic heterocycles. The molecule has 100 valence electrons. The highest BCUT2D eigenvalue weighted by atomic mass is 32.2. The minimum Gasteiger partial charge on any atom is -0.398 e. The van der Waals surface area contributed by atoms with E-state index in [1.807, 2.05) is 7.05 Å². The van der Waals surface area contributed by atoms with E-state index in [1.165, 1.54) is 16.7 Å². The van der Waals surface area contributed by atoms with Gasteiger partial charge in [-0.1, -0.05) is 0 Å². The van der Waals surface area contributed by atoms with Crippen LogP contribution in [-0.4, -0.2) is 39.7 Å². The van der Waals surface area contributed by atoms with Crippen molar-refractivity contribution in [2.45, 2.75) is 10.1 Å². The molecular weight excluding hydrogens is 262 g/mol. The van der Waals surface area contributed by atoms with E-state index in [1.54, 1.807) is 43.2 Å². The second-order valence-corrected chi connectivity index (χ2v) is 5.29. The van der Waals surface area contributed by atoms with Crippen LogP contribution in [0.25, 0.3) is 0 Å². The number of aromatic nitrogens is 3. The van der Waals surface area contributed by atoms with Crippen LogP contribution < -0.4 is 5.73 Å². The Morgan fingerprint density at radius 1 is 1.42 bits per heavy atom. The lowest BCUT2D eigenvalue weighted by atomic mass is 10.2. The maximum Gasteiger partial charge on any atom is 0.253 e. The third-order valence-corrected chi connectivity index (χ3v) is 3.66. The van der Waals surface area contributed by atoms with E-state index in [0.717, 1.165) is 10.1 Å². The number of aryl methyl sites for hydroxylation is 1. The normalized spacial score (nSPS) is 10.5. The molecule has 2 aromatic rings. The summed E-state index contributed by atoms with van der Waals surface area (Å²) in [6.45, 7) is 0. The minimum absolute atomic E-state index is 0.0557. The third kappa shape index (κ3) is 2.87. The van der Waals surface area contributed by atoms with Crippen LogP contribution in [0.2, 0.25) is 0 Å². The van der Waals surface area contributed by atoms with E-state index < -0.39 is 0 Å². The molecule has 2 N–H and O–H groups in total. The average Bonchev–Trinajstić information content (AvgIpc) is 2.77. The summed E-state index contributed by atoms with van der Waals surface area (Å²) in [6.07, 6.45) is 1.62. The fourth-order valence-corrected chi connectivity index (χ4v) is 2.32. The molecule has 0 saturated carbocycles. The first-order valence-electron chi connectivity index (χ1n) is 5.62. The summed E-state index contributed by atoms with van der Waals surface area (Å²) < 4.78 is 1.80. The van der Waals surface area contributed by atoms with Crippen molar-refractivity contribution in [1.29, 1.82) is 0 Å². The van der Waals surface area contributed by atoms with Gasteiger partial charge in [0, 0.05) is 37.3 Å². The number of hydrogen-bond donors (Lipinski definition) is 1. The first-order valence-corrected chi connectivity index (χ1v) is 6.43. The number of nitrogen functional groups attached to an aromatic ring is 1. The highest BCUT2D eigenvalue weighted by Gasteiger charge is 2.12. The lowest BCUT2D eigenvalue weighted by Crippen LogP contribution is -2.21. The van der Waals surface area contributed by atoms with Crippen LogP contribution in [-0.2, 0) is 7.05 Å². The highest BCUT2D eigenvalue weighted by Crippen LogP contribution is 2.31. The van der Waals surface area contributed by atoms with Crippen LogP contribution in [0.4, 0.5) is 5.69 Å². The fourth-order valence-electron chi connectivity index (χ4n) is 1.48. The zero-order valence-corrected chi connectivity index (χ0v) is 11.8. The van der Waals surface area contributed by atoms with Crippen molar-refractivity contribution in [2.75, 3.05) is 19.8 Å².